The van der Waals surface area contributed by atoms with Crippen molar-refractivity contribution in [1.29, 1.82) is 0 Å². The zero-order valence-corrected chi connectivity index (χ0v) is 34.2. The zero-order valence-electron chi connectivity index (χ0n) is 34.2. The predicted molar refractivity (Wildman–Crippen MR) is 221 cm³/mol. The average molecular weight is 764 g/mol. The summed E-state index contributed by atoms with van der Waals surface area (Å²) in [6.45, 7) is 3.66. The molecule has 1 saturated heterocycles. The molecule has 1 aliphatic rings. The fourth-order valence-corrected chi connectivity index (χ4v) is 6.70. The lowest BCUT2D eigenvalue weighted by Crippen LogP contribution is -2.60. The molecule has 0 aliphatic carbocycles. The highest BCUT2D eigenvalue weighted by atomic mass is 16.7. The Kier molecular flexibility index (Phi) is 33.0. The highest BCUT2D eigenvalue weighted by Crippen LogP contribution is 2.23. The second kappa shape index (κ2) is 35.6. The summed E-state index contributed by atoms with van der Waals surface area (Å²) in [7, 11) is 0. The van der Waals surface area contributed by atoms with Gasteiger partial charge < -0.3 is 40.3 Å². The lowest BCUT2D eigenvalue weighted by atomic mass is 9.99. The van der Waals surface area contributed by atoms with Crippen molar-refractivity contribution in [2.24, 2.45) is 0 Å². The highest BCUT2D eigenvalue weighted by molar-refractivity contribution is 5.76. The predicted octanol–water partition coefficient (Wildman–Crippen LogP) is 8.67. The molecule has 1 aliphatic heterocycles. The zero-order chi connectivity index (χ0) is 39.5. The van der Waals surface area contributed by atoms with Gasteiger partial charge in [-0.15, -0.1) is 0 Å². The van der Waals surface area contributed by atoms with Gasteiger partial charge in [0.15, 0.2) is 6.29 Å². The number of ether oxygens (including phenoxy) is 2. The molecule has 9 nitrogen and oxygen atoms in total. The molecule has 54 heavy (non-hydrogen) atoms. The van der Waals surface area contributed by atoms with Crippen LogP contribution in [0.4, 0.5) is 0 Å². The average Bonchev–Trinajstić information content (AvgIpc) is 3.17. The van der Waals surface area contributed by atoms with Gasteiger partial charge in [0.2, 0.25) is 5.91 Å². The topological polar surface area (TPSA) is 149 Å². The van der Waals surface area contributed by atoms with Crippen LogP contribution in [0.3, 0.4) is 0 Å². The summed E-state index contributed by atoms with van der Waals surface area (Å²) in [5.41, 5.74) is 0. The van der Waals surface area contributed by atoms with E-state index in [4.69, 9.17) is 9.47 Å². The molecule has 1 amide bonds. The Morgan fingerprint density at radius 3 is 1.59 bits per heavy atom. The van der Waals surface area contributed by atoms with Crippen LogP contribution in [0.25, 0.3) is 0 Å². The van der Waals surface area contributed by atoms with Gasteiger partial charge in [0.05, 0.1) is 25.4 Å². The number of aliphatic hydroxyl groups excluding tert-OH is 5. The van der Waals surface area contributed by atoms with Gasteiger partial charge in [-0.05, 0) is 38.5 Å². The van der Waals surface area contributed by atoms with Gasteiger partial charge in [0, 0.05) is 6.42 Å². The Hall–Kier alpha value is -1.85. The van der Waals surface area contributed by atoms with Crippen LogP contribution < -0.4 is 5.32 Å². The van der Waals surface area contributed by atoms with E-state index in [0.29, 0.717) is 12.8 Å². The van der Waals surface area contributed by atoms with Crippen molar-refractivity contribution in [3.05, 3.63) is 48.6 Å². The van der Waals surface area contributed by atoms with E-state index in [9.17, 15) is 30.3 Å². The van der Waals surface area contributed by atoms with Crippen LogP contribution >= 0.6 is 0 Å². The Morgan fingerprint density at radius 2 is 1.11 bits per heavy atom. The quantitative estimate of drug-likeness (QED) is 0.0278. The molecule has 314 valence electrons. The minimum absolute atomic E-state index is 0.168. The van der Waals surface area contributed by atoms with E-state index in [0.717, 1.165) is 44.9 Å². The SMILES string of the molecule is CC/C=C\C/C=C\C/C=C\C/C=C\CCC(=O)NC(COC1OC(CO)C(O)C(O)C1O)C(O)CCCCCCCCCCCCCCCCCCCC. The largest absolute Gasteiger partial charge is 0.394 e. The highest BCUT2D eigenvalue weighted by Gasteiger charge is 2.44. The molecule has 1 heterocycles. The molecule has 0 aromatic carbocycles. The molecule has 0 radical (unpaired) electrons. The third-order valence-corrected chi connectivity index (χ3v) is 10.2. The van der Waals surface area contributed by atoms with Crippen molar-refractivity contribution in [3.8, 4) is 0 Å². The lowest BCUT2D eigenvalue weighted by molar-refractivity contribution is -0.302. The minimum atomic E-state index is -1.57. The maximum absolute atomic E-state index is 12.9. The van der Waals surface area contributed by atoms with Gasteiger partial charge >= 0.3 is 0 Å². The standard InChI is InChI=1S/C45H81NO8/c1-3-5-7-9-11-13-15-17-18-19-20-21-23-24-26-28-30-32-34-39(48)38(37-53-45-44(52)43(51)42(50)40(36-47)54-45)46-41(49)35-33-31-29-27-25-22-16-14-12-10-8-6-4-2/h6,8,12,14,22,25,29,31,38-40,42-45,47-48,50-52H,3-5,7,9-11,13,15-21,23-24,26-28,30,32-37H2,1-2H3,(H,46,49)/b8-6-,14-12-,25-22-,31-29-. The molecule has 0 bridgehead atoms. The second-order valence-corrected chi connectivity index (χ2v) is 15.1. The summed E-state index contributed by atoms with van der Waals surface area (Å²) in [5, 5.41) is 54.2. The molecule has 1 fully saturated rings. The number of carbonyl (C=O) groups is 1. The molecule has 9 heteroatoms. The molecular formula is C45H81NO8. The number of hydrogen-bond acceptors (Lipinski definition) is 8. The van der Waals surface area contributed by atoms with Crippen molar-refractivity contribution in [2.75, 3.05) is 13.2 Å². The minimum Gasteiger partial charge on any atom is -0.394 e. The van der Waals surface area contributed by atoms with Gasteiger partial charge in [-0.25, -0.2) is 0 Å². The second-order valence-electron chi connectivity index (χ2n) is 15.1. The van der Waals surface area contributed by atoms with Crippen molar-refractivity contribution < 1.29 is 39.8 Å². The first-order chi connectivity index (χ1) is 26.3. The Labute approximate surface area is 329 Å². The van der Waals surface area contributed by atoms with Crippen LogP contribution in [0.5, 0.6) is 0 Å². The fraction of sp³-hybridized carbons (Fsp3) is 0.800. The molecule has 7 atom stereocenters. The summed E-state index contributed by atoms with van der Waals surface area (Å²) in [4.78, 5) is 12.9. The van der Waals surface area contributed by atoms with Crippen molar-refractivity contribution in [1.82, 2.24) is 5.32 Å². The van der Waals surface area contributed by atoms with Gasteiger partial charge in [-0.2, -0.15) is 0 Å². The summed E-state index contributed by atoms with van der Waals surface area (Å²) in [6.07, 6.45) is 37.1. The molecule has 0 aromatic heterocycles. The molecule has 0 spiro atoms. The Balaban J connectivity index is 2.39. The van der Waals surface area contributed by atoms with Crippen LogP contribution in [-0.2, 0) is 14.3 Å². The van der Waals surface area contributed by atoms with E-state index >= 15 is 0 Å². The van der Waals surface area contributed by atoms with Crippen LogP contribution in [0.2, 0.25) is 0 Å². The van der Waals surface area contributed by atoms with E-state index in [-0.39, 0.29) is 18.9 Å². The van der Waals surface area contributed by atoms with Crippen molar-refractivity contribution in [2.45, 2.75) is 217 Å². The number of hydrogen-bond donors (Lipinski definition) is 6. The van der Waals surface area contributed by atoms with Gasteiger partial charge in [-0.1, -0.05) is 178 Å². The number of carbonyl (C=O) groups excluding carboxylic acids is 1. The Bertz CT molecular complexity index is 983. The van der Waals surface area contributed by atoms with E-state index < -0.39 is 49.5 Å². The van der Waals surface area contributed by atoms with Crippen molar-refractivity contribution in [3.63, 3.8) is 0 Å². The molecule has 0 saturated carbocycles. The first-order valence-electron chi connectivity index (χ1n) is 21.8. The summed E-state index contributed by atoms with van der Waals surface area (Å²) in [6, 6.07) is -0.756. The van der Waals surface area contributed by atoms with Gasteiger partial charge in [0.1, 0.15) is 24.4 Å². The fourth-order valence-electron chi connectivity index (χ4n) is 6.70. The van der Waals surface area contributed by atoms with E-state index in [1.165, 1.54) is 96.3 Å². The third-order valence-electron chi connectivity index (χ3n) is 10.2. The van der Waals surface area contributed by atoms with Crippen LogP contribution in [0.15, 0.2) is 48.6 Å². The van der Waals surface area contributed by atoms with E-state index in [2.05, 4.69) is 55.6 Å². The van der Waals surface area contributed by atoms with Crippen LogP contribution in [0, 0.1) is 0 Å². The van der Waals surface area contributed by atoms with E-state index in [1.54, 1.807) is 0 Å². The molecule has 6 N–H and O–H groups in total. The van der Waals surface area contributed by atoms with Gasteiger partial charge in [-0.3, -0.25) is 4.79 Å². The monoisotopic (exact) mass is 764 g/mol. The normalized spacial score (nSPS) is 21.9. The van der Waals surface area contributed by atoms with Crippen molar-refractivity contribution >= 4 is 5.91 Å². The first kappa shape index (κ1) is 50.2. The number of amides is 1. The first-order valence-corrected chi connectivity index (χ1v) is 21.8. The van der Waals surface area contributed by atoms with Crippen LogP contribution in [0.1, 0.15) is 174 Å². The Morgan fingerprint density at radius 1 is 0.648 bits per heavy atom. The molecule has 1 rings (SSSR count). The number of nitrogens with one attached hydrogen (secondary N) is 1. The third kappa shape index (κ3) is 26.1. The van der Waals surface area contributed by atoms with Gasteiger partial charge in [0.25, 0.3) is 0 Å². The smallest absolute Gasteiger partial charge is 0.220 e. The lowest BCUT2D eigenvalue weighted by Gasteiger charge is -2.40. The maximum atomic E-state index is 12.9. The number of aliphatic hydroxyl groups is 5. The molecular weight excluding hydrogens is 682 g/mol. The summed E-state index contributed by atoms with van der Waals surface area (Å²) in [5.74, 6) is -0.225. The molecule has 0 aromatic rings. The number of allylic oxidation sites excluding steroid dienone is 8. The number of rotatable bonds is 35. The van der Waals surface area contributed by atoms with E-state index in [1.807, 2.05) is 12.2 Å². The summed E-state index contributed by atoms with van der Waals surface area (Å²) < 4.78 is 11.2. The molecule has 7 unspecified atom stereocenters. The number of unbranched alkanes of at least 4 members (excludes halogenated alkanes) is 17. The maximum Gasteiger partial charge on any atom is 0.220 e. The summed E-state index contributed by atoms with van der Waals surface area (Å²) >= 11 is 0. The van der Waals surface area contributed by atoms with Crippen LogP contribution in [-0.4, -0.2) is 87.5 Å².